The van der Waals surface area contributed by atoms with E-state index in [1.54, 1.807) is 0 Å². The molecule has 1 unspecified atom stereocenters. The second kappa shape index (κ2) is 21.0. The highest BCUT2D eigenvalue weighted by atomic mass is 31.2. The molecule has 0 aliphatic heterocycles. The molecule has 7 nitrogen and oxygen atoms in total. The average Bonchev–Trinajstić information content (AvgIpc) is 2.87. The molecule has 0 fully saturated rings. The van der Waals surface area contributed by atoms with Crippen molar-refractivity contribution in [2.24, 2.45) is 0 Å². The number of phosphoric ester groups is 1. The highest BCUT2D eigenvalue weighted by molar-refractivity contribution is 7.47. The van der Waals surface area contributed by atoms with Gasteiger partial charge in [-0.05, 0) is 24.8 Å². The van der Waals surface area contributed by atoms with Crippen LogP contribution in [0.2, 0.25) is 0 Å². The Labute approximate surface area is 230 Å². The Morgan fingerprint density at radius 3 is 2.21 bits per heavy atom. The predicted molar refractivity (Wildman–Crippen MR) is 157 cm³/mol. The van der Waals surface area contributed by atoms with E-state index in [1.165, 1.54) is 31.9 Å². The van der Waals surface area contributed by atoms with Crippen molar-refractivity contribution in [3.05, 3.63) is 78.4 Å². The molecular formula is C30H49NO6P+. The molecule has 1 aromatic carbocycles. The van der Waals surface area contributed by atoms with E-state index in [4.69, 9.17) is 18.5 Å². The average molecular weight is 551 g/mol. The van der Waals surface area contributed by atoms with Crippen LogP contribution in [0.4, 0.5) is 0 Å². The van der Waals surface area contributed by atoms with Gasteiger partial charge in [-0.1, -0.05) is 98.2 Å². The lowest BCUT2D eigenvalue weighted by molar-refractivity contribution is -0.870. The molecule has 0 radical (unpaired) electrons. The van der Waals surface area contributed by atoms with Crippen molar-refractivity contribution in [3.63, 3.8) is 0 Å². The minimum atomic E-state index is -4.09. The SMILES string of the molecule is CO[C@H](COCCCCCCC/C=C/C=C/C=C/C=C/c1ccccc1)COP(=O)(O)OCC[N+](C)(C)C. The third-order valence-electron chi connectivity index (χ3n) is 5.52. The monoisotopic (exact) mass is 550 g/mol. The maximum Gasteiger partial charge on any atom is 0.472 e. The number of hydrogen-bond acceptors (Lipinski definition) is 5. The van der Waals surface area contributed by atoms with Crippen LogP contribution < -0.4 is 0 Å². The number of rotatable bonds is 22. The van der Waals surface area contributed by atoms with Gasteiger partial charge in [0.25, 0.3) is 0 Å². The third-order valence-corrected chi connectivity index (χ3v) is 6.50. The van der Waals surface area contributed by atoms with Gasteiger partial charge >= 0.3 is 7.82 Å². The molecule has 38 heavy (non-hydrogen) atoms. The van der Waals surface area contributed by atoms with Crippen LogP contribution in [-0.4, -0.2) is 76.7 Å². The third kappa shape index (κ3) is 21.1. The second-order valence-corrected chi connectivity index (χ2v) is 11.5. The normalized spacial score (nSPS) is 15.3. The van der Waals surface area contributed by atoms with Crippen molar-refractivity contribution in [2.45, 2.75) is 44.6 Å². The molecule has 0 bridgehead atoms. The fraction of sp³-hybridized carbons (Fsp3) is 0.533. The molecular weight excluding hydrogens is 501 g/mol. The zero-order valence-corrected chi connectivity index (χ0v) is 24.6. The van der Waals surface area contributed by atoms with Crippen molar-refractivity contribution in [2.75, 3.05) is 61.2 Å². The first-order valence-corrected chi connectivity index (χ1v) is 15.0. The fourth-order valence-corrected chi connectivity index (χ4v) is 3.94. The quantitative estimate of drug-likeness (QED) is 0.0761. The summed E-state index contributed by atoms with van der Waals surface area (Å²) in [7, 11) is 3.38. The van der Waals surface area contributed by atoms with Crippen LogP contribution in [0.3, 0.4) is 0 Å². The number of hydrogen-bond donors (Lipinski definition) is 1. The largest absolute Gasteiger partial charge is 0.472 e. The highest BCUT2D eigenvalue weighted by Gasteiger charge is 2.24. The summed E-state index contributed by atoms with van der Waals surface area (Å²) in [6, 6.07) is 10.3. The molecule has 0 saturated carbocycles. The van der Waals surface area contributed by atoms with Crippen LogP contribution in [0.15, 0.2) is 72.9 Å². The standard InChI is InChI=1S/C30H48NO6P/c1-31(2,3)24-26-36-38(32,33)37-28-30(34-4)27-35-25-20-15-13-11-9-7-5-6-8-10-12-14-17-21-29-22-18-16-19-23-29/h5-6,8,10,12,14,16-19,21-23,30H,7,9,11,13,15,20,24-28H2,1-4H3/p+1/b6-5+,10-8+,14-12+,21-17+/t30-/m1/s1. The topological polar surface area (TPSA) is 74.2 Å². The summed E-state index contributed by atoms with van der Waals surface area (Å²) in [5.74, 6) is 0. The van der Waals surface area contributed by atoms with Crippen LogP contribution in [-0.2, 0) is 23.1 Å². The number of allylic oxidation sites excluding steroid dienone is 7. The summed E-state index contributed by atoms with van der Waals surface area (Å²) in [5, 5.41) is 0. The van der Waals surface area contributed by atoms with Crippen LogP contribution >= 0.6 is 7.82 Å². The molecule has 1 rings (SSSR count). The molecule has 0 amide bonds. The van der Waals surface area contributed by atoms with Gasteiger partial charge < -0.3 is 18.9 Å². The molecule has 8 heteroatoms. The number of nitrogens with zero attached hydrogens (tertiary/aromatic N) is 1. The first-order chi connectivity index (χ1) is 18.2. The van der Waals surface area contributed by atoms with Crippen LogP contribution in [0.5, 0.6) is 0 Å². The Hall–Kier alpha value is -1.83. The van der Waals surface area contributed by atoms with E-state index in [0.29, 0.717) is 24.2 Å². The molecule has 0 saturated heterocycles. The second-order valence-electron chi connectivity index (χ2n) is 10.1. The number of ether oxygens (including phenoxy) is 2. The van der Waals surface area contributed by atoms with Gasteiger partial charge in [-0.25, -0.2) is 4.57 Å². The molecule has 0 aliphatic carbocycles. The maximum absolute atomic E-state index is 12.0. The predicted octanol–water partition coefficient (Wildman–Crippen LogP) is 6.58. The summed E-state index contributed by atoms with van der Waals surface area (Å²) >= 11 is 0. The van der Waals surface area contributed by atoms with Crippen molar-refractivity contribution in [1.29, 1.82) is 0 Å². The number of phosphoric acid groups is 1. The number of unbranched alkanes of at least 4 members (excludes halogenated alkanes) is 5. The first-order valence-electron chi connectivity index (χ1n) is 13.5. The van der Waals surface area contributed by atoms with Crippen LogP contribution in [0, 0.1) is 0 Å². The van der Waals surface area contributed by atoms with Gasteiger partial charge in [-0.2, -0.15) is 0 Å². The van der Waals surface area contributed by atoms with E-state index in [2.05, 4.69) is 36.4 Å². The van der Waals surface area contributed by atoms with Crippen molar-refractivity contribution >= 4 is 13.9 Å². The molecule has 1 N–H and O–H groups in total. The Morgan fingerprint density at radius 1 is 0.842 bits per heavy atom. The molecule has 0 spiro atoms. The molecule has 214 valence electrons. The van der Waals surface area contributed by atoms with E-state index in [0.717, 1.165) is 19.3 Å². The van der Waals surface area contributed by atoms with Gasteiger partial charge in [0.05, 0.1) is 34.4 Å². The zero-order chi connectivity index (χ0) is 28.0. The number of quaternary nitrogens is 1. The van der Waals surface area contributed by atoms with Crippen molar-refractivity contribution in [3.8, 4) is 0 Å². The molecule has 1 aromatic rings. The van der Waals surface area contributed by atoms with E-state index in [-0.39, 0.29) is 13.2 Å². The Morgan fingerprint density at radius 2 is 1.50 bits per heavy atom. The summed E-state index contributed by atoms with van der Waals surface area (Å²) < 4.78 is 33.6. The van der Waals surface area contributed by atoms with Gasteiger partial charge in [-0.15, -0.1) is 0 Å². The molecule has 0 heterocycles. The lowest BCUT2D eigenvalue weighted by atomic mass is 10.1. The van der Waals surface area contributed by atoms with E-state index in [9.17, 15) is 9.46 Å². The summed E-state index contributed by atoms with van der Waals surface area (Å²) in [5.41, 5.74) is 1.20. The van der Waals surface area contributed by atoms with Gasteiger partial charge in [0, 0.05) is 13.7 Å². The van der Waals surface area contributed by atoms with E-state index < -0.39 is 13.9 Å². The molecule has 0 aromatic heterocycles. The van der Waals surface area contributed by atoms with Gasteiger partial charge in [0.1, 0.15) is 19.3 Å². The first kappa shape index (κ1) is 34.2. The number of benzene rings is 1. The van der Waals surface area contributed by atoms with Crippen LogP contribution in [0.1, 0.15) is 44.1 Å². The number of methoxy groups -OCH3 is 1. The van der Waals surface area contributed by atoms with E-state index >= 15 is 0 Å². The highest BCUT2D eigenvalue weighted by Crippen LogP contribution is 2.43. The van der Waals surface area contributed by atoms with Gasteiger partial charge in [0.15, 0.2) is 0 Å². The smallest absolute Gasteiger partial charge is 0.379 e. The minimum absolute atomic E-state index is 0.0566. The van der Waals surface area contributed by atoms with Crippen molar-refractivity contribution < 1.29 is 32.5 Å². The summed E-state index contributed by atoms with van der Waals surface area (Å²) in [6.07, 6.45) is 22.9. The number of likely N-dealkylation sites (N-methyl/N-ethyl adjacent to an activating group) is 1. The summed E-state index contributed by atoms with van der Waals surface area (Å²) in [6.45, 7) is 1.63. The Kier molecular flexibility index (Phi) is 18.9. The summed E-state index contributed by atoms with van der Waals surface area (Å²) in [4.78, 5) is 9.80. The molecule has 0 aliphatic rings. The van der Waals surface area contributed by atoms with Crippen molar-refractivity contribution in [1.82, 2.24) is 0 Å². The van der Waals surface area contributed by atoms with Crippen LogP contribution in [0.25, 0.3) is 6.08 Å². The molecule has 2 atom stereocenters. The maximum atomic E-state index is 12.0. The Balaban J connectivity index is 1.99. The zero-order valence-electron chi connectivity index (χ0n) is 23.7. The Bertz CT molecular complexity index is 876. The lowest BCUT2D eigenvalue weighted by Crippen LogP contribution is -2.37. The van der Waals surface area contributed by atoms with Gasteiger partial charge in [-0.3, -0.25) is 9.05 Å². The van der Waals surface area contributed by atoms with Gasteiger partial charge in [0.2, 0.25) is 0 Å². The fourth-order valence-electron chi connectivity index (χ4n) is 3.20. The minimum Gasteiger partial charge on any atom is -0.379 e. The lowest BCUT2D eigenvalue weighted by Gasteiger charge is -2.24. The van der Waals surface area contributed by atoms with E-state index in [1.807, 2.05) is 63.6 Å².